The zero-order valence-electron chi connectivity index (χ0n) is 13.7. The molecule has 0 fully saturated rings. The summed E-state index contributed by atoms with van der Waals surface area (Å²) in [4.78, 5) is 51.4. The molecule has 0 saturated carbocycles. The van der Waals surface area contributed by atoms with Gasteiger partial charge in [0.2, 0.25) is 12.2 Å². The van der Waals surface area contributed by atoms with E-state index in [-0.39, 0.29) is 22.9 Å². The van der Waals surface area contributed by atoms with Crippen molar-refractivity contribution in [3.63, 3.8) is 0 Å². The second kappa shape index (κ2) is 7.88. The van der Waals surface area contributed by atoms with Crippen LogP contribution < -0.4 is 0 Å². The van der Waals surface area contributed by atoms with Crippen molar-refractivity contribution in [3.8, 4) is 0 Å². The summed E-state index contributed by atoms with van der Waals surface area (Å²) in [5, 5.41) is 0. The van der Waals surface area contributed by atoms with E-state index in [4.69, 9.17) is 0 Å². The molecule has 0 radical (unpaired) electrons. The summed E-state index contributed by atoms with van der Waals surface area (Å²) in [6.45, 7) is 2.78. The van der Waals surface area contributed by atoms with Gasteiger partial charge in [-0.3, -0.25) is 9.59 Å². The predicted molar refractivity (Wildman–Crippen MR) is 91.3 cm³/mol. The zero-order chi connectivity index (χ0) is 18.4. The van der Waals surface area contributed by atoms with Crippen LogP contribution in [-0.4, -0.2) is 23.7 Å². The molecule has 2 aromatic carbocycles. The molecule has 0 atom stereocenters. The summed E-state index contributed by atoms with van der Waals surface area (Å²) in [5.74, 6) is -0.424. The normalized spacial score (nSPS) is 9.68. The molecular weight excluding hydrogens is 320 g/mol. The van der Waals surface area contributed by atoms with Gasteiger partial charge in [-0.05, 0) is 55.7 Å². The molecule has 0 aliphatic rings. The third-order valence-corrected chi connectivity index (χ3v) is 3.62. The Kier molecular flexibility index (Phi) is 5.64. The molecule has 2 rings (SSSR count). The highest BCUT2D eigenvalue weighted by atomic mass is 16.1. The van der Waals surface area contributed by atoms with Gasteiger partial charge in [0.25, 0.3) is 0 Å². The SMILES string of the molecule is CC(=O)c1cc(Cc2ccc(N=C=O)c(C(C)=O)c2)ccc1N=C=O. The Balaban J connectivity index is 2.43. The fourth-order valence-corrected chi connectivity index (χ4v) is 2.48. The summed E-state index contributed by atoms with van der Waals surface area (Å²) in [7, 11) is 0. The van der Waals surface area contributed by atoms with E-state index in [1.165, 1.54) is 26.0 Å². The average Bonchev–Trinajstić information content (AvgIpc) is 2.57. The lowest BCUT2D eigenvalue weighted by Crippen LogP contribution is -1.98. The summed E-state index contributed by atoms with van der Waals surface area (Å²) in [5.41, 5.74) is 2.83. The molecule has 0 amide bonds. The quantitative estimate of drug-likeness (QED) is 0.458. The molecule has 0 saturated heterocycles. The van der Waals surface area contributed by atoms with Crippen LogP contribution in [0.15, 0.2) is 46.4 Å². The molecule has 0 aliphatic carbocycles. The van der Waals surface area contributed by atoms with Crippen LogP contribution in [0.4, 0.5) is 11.4 Å². The van der Waals surface area contributed by atoms with Crippen LogP contribution >= 0.6 is 0 Å². The maximum Gasteiger partial charge on any atom is 0.240 e. The number of rotatable bonds is 6. The largest absolute Gasteiger partial charge is 0.294 e. The highest BCUT2D eigenvalue weighted by Gasteiger charge is 2.11. The summed E-state index contributed by atoms with van der Waals surface area (Å²) >= 11 is 0. The maximum atomic E-state index is 11.7. The van der Waals surface area contributed by atoms with E-state index in [9.17, 15) is 19.2 Å². The number of aliphatic imine (C=N–C) groups is 2. The van der Waals surface area contributed by atoms with Crippen LogP contribution in [0.2, 0.25) is 0 Å². The van der Waals surface area contributed by atoms with Gasteiger partial charge < -0.3 is 0 Å². The predicted octanol–water partition coefficient (Wildman–Crippen LogP) is 3.62. The minimum Gasteiger partial charge on any atom is -0.294 e. The van der Waals surface area contributed by atoms with Gasteiger partial charge in [-0.1, -0.05) is 12.1 Å². The number of isocyanates is 2. The van der Waals surface area contributed by atoms with Crippen molar-refractivity contribution in [2.75, 3.05) is 0 Å². The van der Waals surface area contributed by atoms with E-state index in [2.05, 4.69) is 9.98 Å². The van der Waals surface area contributed by atoms with Crippen molar-refractivity contribution in [1.82, 2.24) is 0 Å². The molecule has 124 valence electrons. The Morgan fingerprint density at radius 3 is 1.52 bits per heavy atom. The fourth-order valence-electron chi connectivity index (χ4n) is 2.48. The first-order chi connectivity index (χ1) is 12.0. The molecule has 0 spiro atoms. The standard InChI is InChI=1S/C19H14N2O4/c1-12(24)16-8-14(3-5-18(16)20-10-22)7-15-4-6-19(21-11-23)17(9-15)13(2)25/h3-6,8-9H,7H2,1-2H3. The Hall–Kier alpha value is -3.46. The lowest BCUT2D eigenvalue weighted by molar-refractivity contribution is 0.101. The molecule has 25 heavy (non-hydrogen) atoms. The molecule has 0 heterocycles. The highest BCUT2D eigenvalue weighted by Crippen LogP contribution is 2.25. The van der Waals surface area contributed by atoms with Crippen LogP contribution in [0.5, 0.6) is 0 Å². The minimum absolute atomic E-state index is 0.212. The number of benzene rings is 2. The summed E-state index contributed by atoms with van der Waals surface area (Å²) < 4.78 is 0. The third kappa shape index (κ3) is 4.30. The lowest BCUT2D eigenvalue weighted by atomic mass is 9.97. The molecule has 6 heteroatoms. The van der Waals surface area contributed by atoms with Crippen LogP contribution in [0.25, 0.3) is 0 Å². The van der Waals surface area contributed by atoms with Crippen molar-refractivity contribution in [1.29, 1.82) is 0 Å². The molecule has 2 aromatic rings. The Bertz CT molecular complexity index is 872. The molecule has 0 aliphatic heterocycles. The third-order valence-electron chi connectivity index (χ3n) is 3.62. The number of ketones is 2. The topological polar surface area (TPSA) is 93.0 Å². The molecular formula is C19H14N2O4. The number of hydrogen-bond acceptors (Lipinski definition) is 6. The summed E-state index contributed by atoms with van der Waals surface area (Å²) in [6.07, 6.45) is 3.32. The van der Waals surface area contributed by atoms with Crippen LogP contribution in [0.3, 0.4) is 0 Å². The Labute approximate surface area is 143 Å². The Morgan fingerprint density at radius 1 is 0.800 bits per heavy atom. The van der Waals surface area contributed by atoms with Gasteiger partial charge in [0, 0.05) is 11.1 Å². The number of nitrogens with zero attached hydrogens (tertiary/aromatic N) is 2. The molecule has 0 N–H and O–H groups in total. The van der Waals surface area contributed by atoms with E-state index in [1.807, 2.05) is 0 Å². The molecule has 6 nitrogen and oxygen atoms in total. The number of Topliss-reactive ketones (excluding diaryl/α,β-unsaturated/α-hetero) is 2. The first-order valence-corrected chi connectivity index (χ1v) is 7.39. The van der Waals surface area contributed by atoms with E-state index in [0.717, 1.165) is 11.1 Å². The van der Waals surface area contributed by atoms with E-state index < -0.39 is 0 Å². The Morgan fingerprint density at radius 2 is 1.20 bits per heavy atom. The van der Waals surface area contributed by atoms with Gasteiger partial charge in [-0.15, -0.1) is 0 Å². The van der Waals surface area contributed by atoms with Crippen molar-refractivity contribution in [2.24, 2.45) is 9.98 Å². The van der Waals surface area contributed by atoms with Gasteiger partial charge in [-0.2, -0.15) is 9.98 Å². The van der Waals surface area contributed by atoms with Gasteiger partial charge in [0.05, 0.1) is 11.4 Å². The average molecular weight is 334 g/mol. The summed E-state index contributed by atoms with van der Waals surface area (Å²) in [6, 6.07) is 9.95. The first kappa shape index (κ1) is 17.9. The van der Waals surface area contributed by atoms with Crippen molar-refractivity contribution < 1.29 is 19.2 Å². The maximum absolute atomic E-state index is 11.7. The van der Waals surface area contributed by atoms with E-state index in [0.29, 0.717) is 17.5 Å². The molecule has 0 aromatic heterocycles. The lowest BCUT2D eigenvalue weighted by Gasteiger charge is -2.08. The monoisotopic (exact) mass is 334 g/mol. The minimum atomic E-state index is -0.212. The highest BCUT2D eigenvalue weighted by molar-refractivity contribution is 6.00. The van der Waals surface area contributed by atoms with E-state index >= 15 is 0 Å². The van der Waals surface area contributed by atoms with Crippen molar-refractivity contribution in [3.05, 3.63) is 58.7 Å². The second-order valence-electron chi connectivity index (χ2n) is 5.40. The van der Waals surface area contributed by atoms with Crippen LogP contribution in [0, 0.1) is 0 Å². The van der Waals surface area contributed by atoms with Crippen LogP contribution in [-0.2, 0) is 16.0 Å². The first-order valence-electron chi connectivity index (χ1n) is 7.39. The molecule has 0 unspecified atom stereocenters. The number of carbonyl (C=O) groups is 2. The van der Waals surface area contributed by atoms with Crippen molar-refractivity contribution >= 4 is 35.1 Å². The van der Waals surface area contributed by atoms with Crippen molar-refractivity contribution in [2.45, 2.75) is 20.3 Å². The smallest absolute Gasteiger partial charge is 0.240 e. The zero-order valence-corrected chi connectivity index (χ0v) is 13.7. The fraction of sp³-hybridized carbons (Fsp3) is 0.158. The van der Waals surface area contributed by atoms with Crippen LogP contribution in [0.1, 0.15) is 45.7 Å². The molecule has 0 bridgehead atoms. The van der Waals surface area contributed by atoms with E-state index in [1.54, 1.807) is 36.4 Å². The van der Waals surface area contributed by atoms with Gasteiger partial charge in [0.15, 0.2) is 11.6 Å². The van der Waals surface area contributed by atoms with Gasteiger partial charge in [0.1, 0.15) is 0 Å². The number of hydrogen-bond donors (Lipinski definition) is 0. The number of carbonyl (C=O) groups excluding carboxylic acids is 4. The second-order valence-corrected chi connectivity index (χ2v) is 5.40. The van der Waals surface area contributed by atoms with Gasteiger partial charge in [-0.25, -0.2) is 9.59 Å². The van der Waals surface area contributed by atoms with Gasteiger partial charge >= 0.3 is 0 Å².